The van der Waals surface area contributed by atoms with Crippen molar-refractivity contribution < 1.29 is 18.0 Å². The van der Waals surface area contributed by atoms with Gasteiger partial charge in [-0.15, -0.1) is 0 Å². The number of carbonyl (C=O) groups excluding carboxylic acids is 1. The summed E-state index contributed by atoms with van der Waals surface area (Å²) in [7, 11) is 0. The van der Waals surface area contributed by atoms with Gasteiger partial charge in [-0.05, 0) is 50.2 Å². The highest BCUT2D eigenvalue weighted by Gasteiger charge is 2.25. The van der Waals surface area contributed by atoms with E-state index >= 15 is 0 Å². The molecule has 0 radical (unpaired) electrons. The van der Waals surface area contributed by atoms with Crippen LogP contribution in [-0.4, -0.2) is 23.9 Å². The number of halogens is 4. The predicted molar refractivity (Wildman–Crippen MR) is 94.4 cm³/mol. The van der Waals surface area contributed by atoms with Gasteiger partial charge < -0.3 is 5.32 Å². The Kier molecular flexibility index (Phi) is 5.84. The Labute approximate surface area is 154 Å². The second-order valence-electron chi connectivity index (χ2n) is 6.40. The molecule has 0 atom stereocenters. The van der Waals surface area contributed by atoms with E-state index in [2.05, 4.69) is 10.2 Å². The fourth-order valence-electron chi connectivity index (χ4n) is 3.06. The minimum atomic E-state index is -0.998. The van der Waals surface area contributed by atoms with Crippen molar-refractivity contribution in [3.8, 4) is 0 Å². The van der Waals surface area contributed by atoms with Crippen LogP contribution in [0.5, 0.6) is 0 Å². The summed E-state index contributed by atoms with van der Waals surface area (Å²) in [5, 5.41) is 2.98. The Morgan fingerprint density at radius 2 is 1.77 bits per heavy atom. The van der Waals surface area contributed by atoms with E-state index in [1.54, 1.807) is 12.1 Å². The molecular weight excluding hydrogens is 365 g/mol. The summed E-state index contributed by atoms with van der Waals surface area (Å²) < 4.78 is 40.0. The van der Waals surface area contributed by atoms with Crippen molar-refractivity contribution in [3.63, 3.8) is 0 Å². The fourth-order valence-corrected chi connectivity index (χ4v) is 3.22. The number of nitrogens with zero attached hydrogens (tertiary/aromatic N) is 1. The van der Waals surface area contributed by atoms with Gasteiger partial charge in [0.1, 0.15) is 5.82 Å². The van der Waals surface area contributed by atoms with Gasteiger partial charge in [-0.1, -0.05) is 17.7 Å². The molecular formula is C19H18ClF3N2O. The number of carbonyl (C=O) groups is 1. The first-order chi connectivity index (χ1) is 12.4. The number of amides is 1. The lowest BCUT2D eigenvalue weighted by molar-refractivity contribution is -0.121. The maximum Gasteiger partial charge on any atom is 0.227 e. The summed E-state index contributed by atoms with van der Waals surface area (Å²) in [6, 6.07) is 7.88. The van der Waals surface area contributed by atoms with Crippen molar-refractivity contribution in [2.75, 3.05) is 18.4 Å². The highest BCUT2D eigenvalue weighted by atomic mass is 35.5. The molecule has 1 saturated heterocycles. The van der Waals surface area contributed by atoms with Crippen molar-refractivity contribution in [3.05, 3.63) is 64.4 Å². The Balaban J connectivity index is 1.52. The number of nitrogens with one attached hydrogen (secondary N) is 1. The van der Waals surface area contributed by atoms with Crippen molar-refractivity contribution in [1.82, 2.24) is 4.90 Å². The lowest BCUT2D eigenvalue weighted by Crippen LogP contribution is -2.37. The monoisotopic (exact) mass is 382 g/mol. The zero-order valence-electron chi connectivity index (χ0n) is 13.9. The Morgan fingerprint density at radius 3 is 2.42 bits per heavy atom. The van der Waals surface area contributed by atoms with E-state index in [0.29, 0.717) is 43.1 Å². The minimum absolute atomic E-state index is 0.213. The van der Waals surface area contributed by atoms with Crippen molar-refractivity contribution in [2.45, 2.75) is 19.4 Å². The fraction of sp³-hybridized carbons (Fsp3) is 0.316. The normalized spacial score (nSPS) is 15.8. The Hall–Kier alpha value is -2.05. The van der Waals surface area contributed by atoms with Gasteiger partial charge in [-0.3, -0.25) is 9.69 Å². The van der Waals surface area contributed by atoms with Crippen LogP contribution in [0.1, 0.15) is 18.4 Å². The van der Waals surface area contributed by atoms with E-state index in [-0.39, 0.29) is 23.3 Å². The molecule has 1 fully saturated rings. The van der Waals surface area contributed by atoms with Crippen LogP contribution in [0.3, 0.4) is 0 Å². The average Bonchev–Trinajstić information content (AvgIpc) is 2.61. The van der Waals surface area contributed by atoms with E-state index < -0.39 is 11.6 Å². The third-order valence-electron chi connectivity index (χ3n) is 4.55. The average molecular weight is 383 g/mol. The lowest BCUT2D eigenvalue weighted by Gasteiger charge is -2.31. The summed E-state index contributed by atoms with van der Waals surface area (Å²) in [6.45, 7) is 1.76. The summed E-state index contributed by atoms with van der Waals surface area (Å²) in [6.07, 6.45) is 1.23. The number of anilines is 1. The van der Waals surface area contributed by atoms with Gasteiger partial charge in [0.15, 0.2) is 11.6 Å². The van der Waals surface area contributed by atoms with E-state index in [0.717, 1.165) is 12.1 Å². The van der Waals surface area contributed by atoms with Crippen molar-refractivity contribution in [2.24, 2.45) is 5.92 Å². The number of piperidine rings is 1. The Bertz CT molecular complexity index is 807. The smallest absolute Gasteiger partial charge is 0.227 e. The maximum absolute atomic E-state index is 13.9. The van der Waals surface area contributed by atoms with Crippen LogP contribution in [0, 0.1) is 23.4 Å². The molecule has 1 aliphatic rings. The molecule has 0 aliphatic carbocycles. The number of rotatable bonds is 4. The molecule has 0 spiro atoms. The van der Waals surface area contributed by atoms with Gasteiger partial charge in [-0.2, -0.15) is 0 Å². The standard InChI is InChI=1S/C19H18ClF3N2O/c20-14-2-1-13(17(22)9-14)11-25-7-5-12(6-8-25)19(26)24-15-3-4-16(21)18(23)10-15/h1-4,9-10,12H,5-8,11H2,(H,24,26). The van der Waals surface area contributed by atoms with E-state index in [1.165, 1.54) is 12.1 Å². The summed E-state index contributed by atoms with van der Waals surface area (Å²) >= 11 is 5.76. The molecule has 0 unspecified atom stereocenters. The topological polar surface area (TPSA) is 32.3 Å². The number of hydrogen-bond acceptors (Lipinski definition) is 2. The zero-order valence-corrected chi connectivity index (χ0v) is 14.7. The molecule has 138 valence electrons. The first kappa shape index (κ1) is 18.7. The molecule has 1 heterocycles. The molecule has 1 N–H and O–H groups in total. The van der Waals surface area contributed by atoms with Gasteiger partial charge in [-0.25, -0.2) is 13.2 Å². The quantitative estimate of drug-likeness (QED) is 0.837. The first-order valence-electron chi connectivity index (χ1n) is 8.34. The SMILES string of the molecule is O=C(Nc1ccc(F)c(F)c1)C1CCN(Cc2ccc(Cl)cc2F)CC1. The van der Waals surface area contributed by atoms with Crippen LogP contribution in [0.15, 0.2) is 36.4 Å². The minimum Gasteiger partial charge on any atom is -0.326 e. The Morgan fingerprint density at radius 1 is 1.04 bits per heavy atom. The van der Waals surface area contributed by atoms with Gasteiger partial charge in [0.25, 0.3) is 0 Å². The predicted octanol–water partition coefficient (Wildman–Crippen LogP) is 4.61. The summed E-state index contributed by atoms with van der Waals surface area (Å²) in [5.74, 6) is -2.72. The second kappa shape index (κ2) is 8.10. The summed E-state index contributed by atoms with van der Waals surface area (Å²) in [4.78, 5) is 14.4. The van der Waals surface area contributed by atoms with Crippen molar-refractivity contribution in [1.29, 1.82) is 0 Å². The van der Waals surface area contributed by atoms with Gasteiger partial charge in [0.2, 0.25) is 5.91 Å². The lowest BCUT2D eigenvalue weighted by atomic mass is 9.95. The van der Waals surface area contributed by atoms with Crippen LogP contribution in [0.4, 0.5) is 18.9 Å². The van der Waals surface area contributed by atoms with Crippen LogP contribution in [0.2, 0.25) is 5.02 Å². The number of hydrogen-bond donors (Lipinski definition) is 1. The number of benzene rings is 2. The van der Waals surface area contributed by atoms with Gasteiger partial charge >= 0.3 is 0 Å². The maximum atomic E-state index is 13.9. The largest absolute Gasteiger partial charge is 0.326 e. The van der Waals surface area contributed by atoms with Gasteiger partial charge in [0, 0.05) is 34.8 Å². The van der Waals surface area contributed by atoms with Crippen molar-refractivity contribution >= 4 is 23.2 Å². The summed E-state index contributed by atoms with van der Waals surface area (Å²) in [5.41, 5.74) is 0.804. The highest BCUT2D eigenvalue weighted by Crippen LogP contribution is 2.23. The zero-order chi connectivity index (χ0) is 18.7. The highest BCUT2D eigenvalue weighted by molar-refractivity contribution is 6.30. The molecule has 0 bridgehead atoms. The molecule has 26 heavy (non-hydrogen) atoms. The molecule has 1 aliphatic heterocycles. The van der Waals surface area contributed by atoms with Crippen LogP contribution in [-0.2, 0) is 11.3 Å². The second-order valence-corrected chi connectivity index (χ2v) is 6.84. The van der Waals surface area contributed by atoms with E-state index in [4.69, 9.17) is 11.6 Å². The molecule has 0 aromatic heterocycles. The molecule has 2 aromatic carbocycles. The van der Waals surface area contributed by atoms with Crippen LogP contribution >= 0.6 is 11.6 Å². The van der Waals surface area contributed by atoms with E-state index in [9.17, 15) is 18.0 Å². The third-order valence-corrected chi connectivity index (χ3v) is 4.79. The van der Waals surface area contributed by atoms with Gasteiger partial charge in [0.05, 0.1) is 0 Å². The molecule has 3 nitrogen and oxygen atoms in total. The molecule has 1 amide bonds. The molecule has 7 heteroatoms. The van der Waals surface area contributed by atoms with Crippen LogP contribution in [0.25, 0.3) is 0 Å². The molecule has 3 rings (SSSR count). The number of likely N-dealkylation sites (tertiary alicyclic amines) is 1. The third kappa shape index (κ3) is 4.56. The molecule has 0 saturated carbocycles. The van der Waals surface area contributed by atoms with E-state index in [1.807, 2.05) is 0 Å². The first-order valence-corrected chi connectivity index (χ1v) is 8.72. The van der Waals surface area contributed by atoms with Crippen LogP contribution < -0.4 is 5.32 Å². The molecule has 2 aromatic rings.